The van der Waals surface area contributed by atoms with E-state index in [4.69, 9.17) is 16.3 Å². The minimum Gasteiger partial charge on any atom is -0.494 e. The second-order valence-electron chi connectivity index (χ2n) is 7.99. The highest BCUT2D eigenvalue weighted by Crippen LogP contribution is 2.25. The first-order chi connectivity index (χ1) is 16.8. The number of unbranched alkanes of at least 4 members (excludes halogenated alkanes) is 1. The van der Waals surface area contributed by atoms with Crippen LogP contribution in [-0.4, -0.2) is 35.5 Å². The van der Waals surface area contributed by atoms with Gasteiger partial charge in [0.15, 0.2) is 5.65 Å². The molecule has 10 heteroatoms. The first-order valence-corrected chi connectivity index (χ1v) is 13.0. The maximum Gasteiger partial charge on any atom is 0.283 e. The molecule has 0 aliphatic rings. The Labute approximate surface area is 209 Å². The van der Waals surface area contributed by atoms with Crippen molar-refractivity contribution in [3.05, 3.63) is 82.8 Å². The number of nitrogens with zero attached hydrogens (tertiary/aromatic N) is 3. The Morgan fingerprint density at radius 3 is 2.57 bits per heavy atom. The molecule has 0 unspecified atom stereocenters. The molecule has 0 aliphatic carbocycles. The van der Waals surface area contributed by atoms with Gasteiger partial charge in [-0.1, -0.05) is 49.2 Å². The first kappa shape index (κ1) is 24.7. The second-order valence-corrected chi connectivity index (χ2v) is 10.1. The number of hydrogen-bond donors (Lipinski definition) is 1. The molecule has 4 aromatic rings. The predicted molar refractivity (Wildman–Crippen MR) is 134 cm³/mol. The van der Waals surface area contributed by atoms with Crippen LogP contribution in [0.2, 0.25) is 5.02 Å². The molecule has 0 spiro atoms. The lowest BCUT2D eigenvalue weighted by Crippen LogP contribution is -2.31. The highest BCUT2D eigenvalue weighted by atomic mass is 35.5. The van der Waals surface area contributed by atoms with E-state index in [0.717, 1.165) is 18.4 Å². The predicted octanol–water partition coefficient (Wildman–Crippen LogP) is 4.74. The molecule has 8 nitrogen and oxygen atoms in total. The molecule has 4 rings (SSSR count). The van der Waals surface area contributed by atoms with E-state index in [1.165, 1.54) is 18.2 Å². The summed E-state index contributed by atoms with van der Waals surface area (Å²) in [6, 6.07) is 16.3. The molecular weight excluding hydrogens is 488 g/mol. The minimum absolute atomic E-state index is 0.00734. The minimum atomic E-state index is -4.02. The highest BCUT2D eigenvalue weighted by molar-refractivity contribution is 7.90. The van der Waals surface area contributed by atoms with Gasteiger partial charge in [-0.3, -0.25) is 4.79 Å². The molecule has 2 heterocycles. The van der Waals surface area contributed by atoms with E-state index in [1.54, 1.807) is 30.3 Å². The smallest absolute Gasteiger partial charge is 0.283 e. The van der Waals surface area contributed by atoms with Crippen molar-refractivity contribution in [3.63, 3.8) is 0 Å². The maximum absolute atomic E-state index is 12.7. The van der Waals surface area contributed by atoms with Gasteiger partial charge in [0.05, 0.1) is 18.0 Å². The zero-order valence-corrected chi connectivity index (χ0v) is 20.9. The fourth-order valence-corrected chi connectivity index (χ4v) is 4.73. The number of carbonyl (C=O) groups is 1. The standard InChI is InChI=1S/C25H25ClN4O4S/c1-3-4-14-34-19-11-10-18(21(26)15-19)16-30-17(2)27-22-12-13-23(28-24(22)30)25(31)29-35(32,33)20-8-6-5-7-9-20/h5-13,15H,3-4,14,16H2,1-2H3,(H,29,31). The Kier molecular flexibility index (Phi) is 7.37. The summed E-state index contributed by atoms with van der Waals surface area (Å²) in [5.41, 5.74) is 1.83. The van der Waals surface area contributed by atoms with Crippen LogP contribution in [0.1, 0.15) is 41.6 Å². The van der Waals surface area contributed by atoms with Gasteiger partial charge in [-0.05, 0) is 55.3 Å². The van der Waals surface area contributed by atoms with Crippen molar-refractivity contribution in [3.8, 4) is 5.75 Å². The number of imidazole rings is 1. The van der Waals surface area contributed by atoms with Crippen LogP contribution in [0.15, 0.2) is 65.6 Å². The van der Waals surface area contributed by atoms with Crippen LogP contribution in [-0.2, 0) is 16.6 Å². The molecule has 1 N–H and O–H groups in total. The number of halogens is 1. The number of hydrogen-bond acceptors (Lipinski definition) is 6. The molecule has 0 aliphatic heterocycles. The Morgan fingerprint density at radius 1 is 1.09 bits per heavy atom. The molecular formula is C25H25ClN4O4S. The third kappa shape index (κ3) is 5.63. The molecule has 0 atom stereocenters. The number of nitrogens with one attached hydrogen (secondary N) is 1. The third-order valence-electron chi connectivity index (χ3n) is 5.42. The van der Waals surface area contributed by atoms with E-state index < -0.39 is 15.9 Å². The summed E-state index contributed by atoms with van der Waals surface area (Å²) in [5, 5.41) is 0.545. The largest absolute Gasteiger partial charge is 0.494 e. The van der Waals surface area contributed by atoms with Gasteiger partial charge in [-0.15, -0.1) is 0 Å². The molecule has 0 radical (unpaired) electrons. The van der Waals surface area contributed by atoms with Gasteiger partial charge in [0.1, 0.15) is 22.8 Å². The van der Waals surface area contributed by atoms with E-state index >= 15 is 0 Å². The lowest BCUT2D eigenvalue weighted by molar-refractivity contribution is 0.0977. The lowest BCUT2D eigenvalue weighted by atomic mass is 10.2. The van der Waals surface area contributed by atoms with Crippen molar-refractivity contribution in [2.45, 2.75) is 38.1 Å². The summed E-state index contributed by atoms with van der Waals surface area (Å²) in [5.74, 6) is 0.560. The van der Waals surface area contributed by atoms with E-state index in [1.807, 2.05) is 23.6 Å². The summed E-state index contributed by atoms with van der Waals surface area (Å²) in [6.45, 7) is 4.93. The van der Waals surface area contributed by atoms with Crippen LogP contribution in [0.5, 0.6) is 5.75 Å². The molecule has 2 aromatic heterocycles. The SMILES string of the molecule is CCCCOc1ccc(Cn2c(C)nc3ccc(C(=O)NS(=O)(=O)c4ccccc4)nc32)c(Cl)c1. The van der Waals surface area contributed by atoms with Crippen LogP contribution < -0.4 is 9.46 Å². The molecule has 0 saturated carbocycles. The molecule has 0 saturated heterocycles. The van der Waals surface area contributed by atoms with Crippen LogP contribution in [0.25, 0.3) is 11.2 Å². The Morgan fingerprint density at radius 2 is 1.86 bits per heavy atom. The summed E-state index contributed by atoms with van der Waals surface area (Å²) in [4.78, 5) is 21.7. The summed E-state index contributed by atoms with van der Waals surface area (Å²) < 4.78 is 34.7. The number of carbonyl (C=O) groups excluding carboxylic acids is 1. The number of rotatable bonds is 9. The molecule has 2 aromatic carbocycles. The van der Waals surface area contributed by atoms with Gasteiger partial charge in [0.2, 0.25) is 0 Å². The van der Waals surface area contributed by atoms with Crippen molar-refractivity contribution in [1.82, 2.24) is 19.3 Å². The van der Waals surface area contributed by atoms with Crippen molar-refractivity contribution < 1.29 is 17.9 Å². The zero-order valence-electron chi connectivity index (χ0n) is 19.4. The van der Waals surface area contributed by atoms with Gasteiger partial charge in [-0.25, -0.2) is 23.1 Å². The summed E-state index contributed by atoms with van der Waals surface area (Å²) in [6.07, 6.45) is 2.01. The van der Waals surface area contributed by atoms with Crippen molar-refractivity contribution in [1.29, 1.82) is 0 Å². The number of aromatic nitrogens is 3. The molecule has 1 amide bonds. The second kappa shape index (κ2) is 10.5. The quantitative estimate of drug-likeness (QED) is 0.325. The number of benzene rings is 2. The molecule has 0 bridgehead atoms. The fourth-order valence-electron chi connectivity index (χ4n) is 3.51. The van der Waals surface area contributed by atoms with Crippen LogP contribution in [0.3, 0.4) is 0 Å². The number of amides is 1. The highest BCUT2D eigenvalue weighted by Gasteiger charge is 2.21. The average Bonchev–Trinajstić information content (AvgIpc) is 3.15. The third-order valence-corrected chi connectivity index (χ3v) is 7.11. The number of ether oxygens (including phenoxy) is 1. The number of sulfonamides is 1. The van der Waals surface area contributed by atoms with Crippen molar-refractivity contribution in [2.75, 3.05) is 6.61 Å². The first-order valence-electron chi connectivity index (χ1n) is 11.2. The molecule has 35 heavy (non-hydrogen) atoms. The fraction of sp³-hybridized carbons (Fsp3) is 0.240. The summed E-state index contributed by atoms with van der Waals surface area (Å²) >= 11 is 6.51. The summed E-state index contributed by atoms with van der Waals surface area (Å²) in [7, 11) is -4.02. The van der Waals surface area contributed by atoms with Crippen molar-refractivity contribution in [2.24, 2.45) is 0 Å². The van der Waals surface area contributed by atoms with Crippen LogP contribution in [0, 0.1) is 6.92 Å². The average molecular weight is 513 g/mol. The van der Waals surface area contributed by atoms with E-state index in [2.05, 4.69) is 21.6 Å². The van der Waals surface area contributed by atoms with Gasteiger partial charge in [-0.2, -0.15) is 0 Å². The monoisotopic (exact) mass is 512 g/mol. The van der Waals surface area contributed by atoms with Gasteiger partial charge in [0.25, 0.3) is 15.9 Å². The van der Waals surface area contributed by atoms with Gasteiger partial charge >= 0.3 is 0 Å². The van der Waals surface area contributed by atoms with E-state index in [9.17, 15) is 13.2 Å². The number of aryl methyl sites for hydroxylation is 1. The topological polar surface area (TPSA) is 103 Å². The number of fused-ring (bicyclic) bond motifs is 1. The Bertz CT molecular complexity index is 1470. The van der Waals surface area contributed by atoms with Crippen LogP contribution in [0.4, 0.5) is 0 Å². The lowest BCUT2D eigenvalue weighted by Gasteiger charge is -2.11. The number of pyridine rings is 1. The molecule has 0 fully saturated rings. The maximum atomic E-state index is 12.7. The Hall–Kier alpha value is -3.43. The van der Waals surface area contributed by atoms with E-state index in [0.29, 0.717) is 40.9 Å². The normalized spacial score (nSPS) is 11.5. The molecule has 182 valence electrons. The van der Waals surface area contributed by atoms with Crippen LogP contribution >= 0.6 is 11.6 Å². The van der Waals surface area contributed by atoms with Gasteiger partial charge < -0.3 is 9.30 Å². The van der Waals surface area contributed by atoms with Crippen molar-refractivity contribution >= 4 is 38.7 Å². The van der Waals surface area contributed by atoms with E-state index in [-0.39, 0.29) is 10.6 Å². The van der Waals surface area contributed by atoms with Gasteiger partial charge in [0, 0.05) is 5.02 Å². The Balaban J connectivity index is 1.59. The zero-order chi connectivity index (χ0) is 25.0.